The molecule has 86 valence electrons. The van der Waals surface area contributed by atoms with Crippen LogP contribution in [0.3, 0.4) is 0 Å². The lowest BCUT2D eigenvalue weighted by Crippen LogP contribution is -2.44. The van der Waals surface area contributed by atoms with Gasteiger partial charge < -0.3 is 5.32 Å². The van der Waals surface area contributed by atoms with Gasteiger partial charge in [-0.3, -0.25) is 0 Å². The summed E-state index contributed by atoms with van der Waals surface area (Å²) in [5, 5.41) is 3.48. The first-order valence-electron chi connectivity index (χ1n) is 5.87. The van der Waals surface area contributed by atoms with Gasteiger partial charge in [0.15, 0.2) is 0 Å². The van der Waals surface area contributed by atoms with Gasteiger partial charge in [0.2, 0.25) is 0 Å². The van der Waals surface area contributed by atoms with Crippen LogP contribution in [0.15, 0.2) is 28.7 Å². The van der Waals surface area contributed by atoms with E-state index in [4.69, 9.17) is 0 Å². The van der Waals surface area contributed by atoms with E-state index in [0.717, 1.165) is 22.9 Å². The molecule has 0 aromatic heterocycles. The highest BCUT2D eigenvalue weighted by molar-refractivity contribution is 9.10. The standard InChI is InChI=1S/C13H15BrFN/c14-10-3-1-9(2-4-10)13(15)7-11-5-6-12(8-13)16-11/h1-4,11-12,16H,5-8H2. The van der Waals surface area contributed by atoms with Gasteiger partial charge in [0.1, 0.15) is 5.67 Å². The van der Waals surface area contributed by atoms with E-state index in [0.29, 0.717) is 24.9 Å². The Balaban J connectivity index is 1.90. The molecule has 0 amide bonds. The number of piperidine rings is 1. The van der Waals surface area contributed by atoms with Crippen molar-refractivity contribution in [2.24, 2.45) is 0 Å². The van der Waals surface area contributed by atoms with Crippen molar-refractivity contribution in [3.63, 3.8) is 0 Å². The minimum atomic E-state index is -1.11. The number of hydrogen-bond acceptors (Lipinski definition) is 1. The second-order valence-corrected chi connectivity index (χ2v) is 5.93. The van der Waals surface area contributed by atoms with Gasteiger partial charge in [0.05, 0.1) is 0 Å². The highest BCUT2D eigenvalue weighted by Crippen LogP contribution is 2.43. The Hall–Kier alpha value is -0.410. The van der Waals surface area contributed by atoms with E-state index in [9.17, 15) is 4.39 Å². The lowest BCUT2D eigenvalue weighted by molar-refractivity contribution is 0.0874. The van der Waals surface area contributed by atoms with Gasteiger partial charge in [0.25, 0.3) is 0 Å². The van der Waals surface area contributed by atoms with Crippen LogP contribution in [0.4, 0.5) is 4.39 Å². The number of benzene rings is 1. The Morgan fingerprint density at radius 3 is 2.25 bits per heavy atom. The molecule has 2 fully saturated rings. The van der Waals surface area contributed by atoms with Crippen LogP contribution >= 0.6 is 15.9 Å². The van der Waals surface area contributed by atoms with Crippen molar-refractivity contribution < 1.29 is 4.39 Å². The number of alkyl halides is 1. The van der Waals surface area contributed by atoms with E-state index in [1.165, 1.54) is 0 Å². The minimum Gasteiger partial charge on any atom is -0.311 e. The number of nitrogens with one attached hydrogen (secondary N) is 1. The van der Waals surface area contributed by atoms with Crippen LogP contribution < -0.4 is 5.32 Å². The zero-order chi connectivity index (χ0) is 11.2. The van der Waals surface area contributed by atoms with Gasteiger partial charge in [-0.1, -0.05) is 28.1 Å². The molecule has 3 rings (SSSR count). The fraction of sp³-hybridized carbons (Fsp3) is 0.538. The number of fused-ring (bicyclic) bond motifs is 2. The van der Waals surface area contributed by atoms with Gasteiger partial charge in [-0.05, 0) is 30.5 Å². The van der Waals surface area contributed by atoms with E-state index >= 15 is 0 Å². The maximum Gasteiger partial charge on any atom is 0.139 e. The van der Waals surface area contributed by atoms with Crippen LogP contribution in [0.2, 0.25) is 0 Å². The molecular formula is C13H15BrFN. The molecule has 3 heteroatoms. The fourth-order valence-corrected chi connectivity index (χ4v) is 3.34. The maximum atomic E-state index is 14.9. The molecule has 0 radical (unpaired) electrons. The molecule has 2 aliphatic rings. The first kappa shape index (κ1) is 10.7. The average Bonchev–Trinajstić information content (AvgIpc) is 2.59. The summed E-state index contributed by atoms with van der Waals surface area (Å²) in [5.41, 5.74) is -0.272. The highest BCUT2D eigenvalue weighted by Gasteiger charge is 2.44. The number of halogens is 2. The molecule has 1 N–H and O–H groups in total. The summed E-state index contributed by atoms with van der Waals surface area (Å²) in [4.78, 5) is 0. The first-order valence-corrected chi connectivity index (χ1v) is 6.66. The molecule has 1 nitrogen and oxygen atoms in total. The van der Waals surface area contributed by atoms with Crippen molar-refractivity contribution in [1.82, 2.24) is 5.32 Å². The Morgan fingerprint density at radius 2 is 1.69 bits per heavy atom. The fourth-order valence-electron chi connectivity index (χ4n) is 3.07. The molecule has 1 aromatic carbocycles. The van der Waals surface area contributed by atoms with Gasteiger partial charge in [-0.25, -0.2) is 4.39 Å². The molecule has 0 saturated carbocycles. The third kappa shape index (κ3) is 1.80. The van der Waals surface area contributed by atoms with Gasteiger partial charge in [0, 0.05) is 29.4 Å². The lowest BCUT2D eigenvalue weighted by Gasteiger charge is -2.35. The molecule has 2 atom stereocenters. The third-order valence-corrected chi connectivity index (χ3v) is 4.37. The third-order valence-electron chi connectivity index (χ3n) is 3.84. The first-order chi connectivity index (χ1) is 7.66. The van der Waals surface area contributed by atoms with Crippen LogP contribution in [-0.4, -0.2) is 12.1 Å². The van der Waals surface area contributed by atoms with Crippen molar-refractivity contribution in [2.75, 3.05) is 0 Å². The molecule has 16 heavy (non-hydrogen) atoms. The van der Waals surface area contributed by atoms with Crippen LogP contribution in [0, 0.1) is 0 Å². The van der Waals surface area contributed by atoms with Crippen LogP contribution in [-0.2, 0) is 5.67 Å². The monoisotopic (exact) mass is 283 g/mol. The summed E-state index contributed by atoms with van der Waals surface area (Å²) in [5.74, 6) is 0. The summed E-state index contributed by atoms with van der Waals surface area (Å²) < 4.78 is 15.9. The molecule has 2 unspecified atom stereocenters. The summed E-state index contributed by atoms with van der Waals surface area (Å²) in [6.07, 6.45) is 3.52. The van der Waals surface area contributed by atoms with Crippen molar-refractivity contribution in [2.45, 2.75) is 43.4 Å². The van der Waals surface area contributed by atoms with E-state index in [1.807, 2.05) is 24.3 Å². The number of hydrogen-bond donors (Lipinski definition) is 1. The van der Waals surface area contributed by atoms with Gasteiger partial charge in [-0.2, -0.15) is 0 Å². The normalized spacial score (nSPS) is 37.6. The van der Waals surface area contributed by atoms with Crippen LogP contribution in [0.5, 0.6) is 0 Å². The largest absolute Gasteiger partial charge is 0.311 e. The zero-order valence-electron chi connectivity index (χ0n) is 9.05. The average molecular weight is 284 g/mol. The van der Waals surface area contributed by atoms with E-state index < -0.39 is 5.67 Å². The minimum absolute atomic E-state index is 0.382. The lowest BCUT2D eigenvalue weighted by atomic mass is 9.83. The topological polar surface area (TPSA) is 12.0 Å². The summed E-state index contributed by atoms with van der Waals surface area (Å²) in [6.45, 7) is 0. The van der Waals surface area contributed by atoms with Crippen molar-refractivity contribution in [3.05, 3.63) is 34.3 Å². The van der Waals surface area contributed by atoms with E-state index in [-0.39, 0.29) is 0 Å². The van der Waals surface area contributed by atoms with Crippen molar-refractivity contribution in [3.8, 4) is 0 Å². The molecule has 2 heterocycles. The van der Waals surface area contributed by atoms with Gasteiger partial charge in [-0.15, -0.1) is 0 Å². The summed E-state index contributed by atoms with van der Waals surface area (Å²) in [7, 11) is 0. The SMILES string of the molecule is FC1(c2ccc(Br)cc2)CC2CCC(C1)N2. The van der Waals surface area contributed by atoms with Crippen LogP contribution in [0.25, 0.3) is 0 Å². The quantitative estimate of drug-likeness (QED) is 0.832. The molecule has 2 saturated heterocycles. The molecule has 0 aliphatic carbocycles. The molecular weight excluding hydrogens is 269 g/mol. The smallest absolute Gasteiger partial charge is 0.139 e. The second kappa shape index (κ2) is 3.81. The Kier molecular flexibility index (Phi) is 2.55. The van der Waals surface area contributed by atoms with E-state index in [2.05, 4.69) is 21.2 Å². The predicted octanol–water partition coefficient (Wildman–Crippen LogP) is 3.53. The number of rotatable bonds is 1. The molecule has 2 aliphatic heterocycles. The molecule has 2 bridgehead atoms. The zero-order valence-corrected chi connectivity index (χ0v) is 10.6. The summed E-state index contributed by atoms with van der Waals surface area (Å²) in [6, 6.07) is 8.45. The Labute approximate surface area is 104 Å². The molecule has 1 aromatic rings. The van der Waals surface area contributed by atoms with Crippen LogP contribution in [0.1, 0.15) is 31.2 Å². The van der Waals surface area contributed by atoms with E-state index in [1.54, 1.807) is 0 Å². The Bertz CT molecular complexity index is 377. The Morgan fingerprint density at radius 1 is 1.12 bits per heavy atom. The maximum absolute atomic E-state index is 14.9. The summed E-state index contributed by atoms with van der Waals surface area (Å²) >= 11 is 3.39. The van der Waals surface area contributed by atoms with Crippen molar-refractivity contribution >= 4 is 15.9 Å². The van der Waals surface area contributed by atoms with Crippen molar-refractivity contribution in [1.29, 1.82) is 0 Å². The highest BCUT2D eigenvalue weighted by atomic mass is 79.9. The predicted molar refractivity (Wildman–Crippen MR) is 66.1 cm³/mol. The molecule has 0 spiro atoms. The van der Waals surface area contributed by atoms with Gasteiger partial charge >= 0.3 is 0 Å². The second-order valence-electron chi connectivity index (χ2n) is 5.02.